The molecule has 1 saturated heterocycles. The summed E-state index contributed by atoms with van der Waals surface area (Å²) in [4.78, 5) is 0. The first-order chi connectivity index (χ1) is 17.5. The Hall–Kier alpha value is -3.41. The number of nitrogens with one attached hydrogen (secondary N) is 1. The summed E-state index contributed by atoms with van der Waals surface area (Å²) in [5.41, 5.74) is 8.50. The van der Waals surface area contributed by atoms with Gasteiger partial charge in [0, 0.05) is 18.2 Å². The lowest BCUT2D eigenvalue weighted by Gasteiger charge is -2.36. The first-order valence-corrected chi connectivity index (χ1v) is 11.9. The van der Waals surface area contributed by atoms with Gasteiger partial charge in [-0.2, -0.15) is 0 Å². The largest absolute Gasteiger partial charge is 0.396 e. The van der Waals surface area contributed by atoms with E-state index in [0.29, 0.717) is 44.3 Å². The molecule has 6 nitrogen and oxygen atoms in total. The number of aliphatic hydroxyl groups is 1. The Balaban J connectivity index is 1.35. The first kappa shape index (κ1) is 25.7. The van der Waals surface area contributed by atoms with Crippen molar-refractivity contribution >= 4 is 11.4 Å². The van der Waals surface area contributed by atoms with Crippen LogP contribution >= 0.6 is 0 Å². The molecule has 4 rings (SSSR count). The monoisotopic (exact) mass is 490 g/mol. The van der Waals surface area contributed by atoms with E-state index in [4.69, 9.17) is 19.9 Å². The minimum absolute atomic E-state index is 0.0100. The maximum atomic E-state index is 14.2. The molecule has 0 aliphatic carbocycles. The highest BCUT2D eigenvalue weighted by molar-refractivity contribution is 5.65. The molecule has 1 aliphatic heterocycles. The van der Waals surface area contributed by atoms with Gasteiger partial charge in [0.2, 0.25) is 0 Å². The van der Waals surface area contributed by atoms with Gasteiger partial charge in [0.1, 0.15) is 11.2 Å². The molecule has 1 atom stereocenters. The van der Waals surface area contributed by atoms with Crippen molar-refractivity contribution in [2.75, 3.05) is 44.0 Å². The quantitative estimate of drug-likeness (QED) is 0.279. The van der Waals surface area contributed by atoms with Gasteiger partial charge in [0.25, 0.3) is 0 Å². The van der Waals surface area contributed by atoms with Crippen LogP contribution in [-0.4, -0.2) is 44.2 Å². The van der Waals surface area contributed by atoms with Gasteiger partial charge in [-0.05, 0) is 17.2 Å². The van der Waals surface area contributed by atoms with Crippen molar-refractivity contribution < 1.29 is 23.7 Å². The SMILES string of the molecule is Nc1cc(C#CC2(COCc3ccccc3)COC2)c(NCC(O)COCc2ccccc2)cc1F. The molecule has 0 bridgehead atoms. The van der Waals surface area contributed by atoms with E-state index in [2.05, 4.69) is 17.2 Å². The molecule has 36 heavy (non-hydrogen) atoms. The molecular formula is C29H31FN2O4. The van der Waals surface area contributed by atoms with Crippen LogP contribution in [0.1, 0.15) is 16.7 Å². The summed E-state index contributed by atoms with van der Waals surface area (Å²) in [5.74, 6) is 5.84. The van der Waals surface area contributed by atoms with Crippen LogP contribution in [0.5, 0.6) is 0 Å². The second-order valence-electron chi connectivity index (χ2n) is 8.96. The molecule has 3 aromatic rings. The molecule has 0 radical (unpaired) electrons. The average Bonchev–Trinajstić information content (AvgIpc) is 2.87. The smallest absolute Gasteiger partial charge is 0.148 e. The van der Waals surface area contributed by atoms with Gasteiger partial charge in [-0.1, -0.05) is 72.5 Å². The third-order valence-corrected chi connectivity index (χ3v) is 5.80. The number of nitrogen functional groups attached to an aromatic ring is 1. The van der Waals surface area contributed by atoms with Gasteiger partial charge in [-0.3, -0.25) is 0 Å². The summed E-state index contributed by atoms with van der Waals surface area (Å²) in [5, 5.41) is 13.4. The second kappa shape index (κ2) is 12.5. The van der Waals surface area contributed by atoms with Crippen LogP contribution < -0.4 is 11.1 Å². The lowest BCUT2D eigenvalue weighted by Crippen LogP contribution is -2.45. The number of ether oxygens (including phenoxy) is 3. The van der Waals surface area contributed by atoms with Crippen molar-refractivity contribution in [3.05, 3.63) is 95.3 Å². The van der Waals surface area contributed by atoms with Gasteiger partial charge in [0.15, 0.2) is 0 Å². The summed E-state index contributed by atoms with van der Waals surface area (Å²) in [6.07, 6.45) is -0.784. The van der Waals surface area contributed by atoms with Crippen LogP contribution in [-0.2, 0) is 27.4 Å². The molecule has 0 saturated carbocycles. The van der Waals surface area contributed by atoms with Crippen molar-refractivity contribution in [2.45, 2.75) is 19.3 Å². The van der Waals surface area contributed by atoms with E-state index in [-0.39, 0.29) is 18.8 Å². The molecule has 1 fully saturated rings. The topological polar surface area (TPSA) is 86.0 Å². The highest BCUT2D eigenvalue weighted by atomic mass is 19.1. The maximum absolute atomic E-state index is 14.2. The Morgan fingerprint density at radius 3 is 2.25 bits per heavy atom. The van der Waals surface area contributed by atoms with E-state index < -0.39 is 17.3 Å². The van der Waals surface area contributed by atoms with E-state index in [1.807, 2.05) is 60.7 Å². The second-order valence-corrected chi connectivity index (χ2v) is 8.96. The first-order valence-electron chi connectivity index (χ1n) is 11.9. The predicted octanol–water partition coefficient (Wildman–Crippen LogP) is 3.98. The summed E-state index contributed by atoms with van der Waals surface area (Å²) in [6.45, 7) is 2.55. The zero-order valence-corrected chi connectivity index (χ0v) is 20.1. The number of halogens is 1. The van der Waals surface area contributed by atoms with Crippen LogP contribution in [0, 0.1) is 23.1 Å². The molecule has 0 aromatic heterocycles. The lowest BCUT2D eigenvalue weighted by molar-refractivity contribution is -0.116. The highest BCUT2D eigenvalue weighted by Crippen LogP contribution is 2.29. The van der Waals surface area contributed by atoms with Gasteiger partial charge in [0.05, 0.1) is 57.1 Å². The van der Waals surface area contributed by atoms with E-state index >= 15 is 0 Å². The molecule has 1 heterocycles. The Morgan fingerprint density at radius 2 is 1.64 bits per heavy atom. The fourth-order valence-electron chi connectivity index (χ4n) is 3.69. The van der Waals surface area contributed by atoms with E-state index in [1.54, 1.807) is 0 Å². The molecule has 0 amide bonds. The summed E-state index contributed by atoms with van der Waals surface area (Å²) < 4.78 is 31.1. The van der Waals surface area contributed by atoms with Crippen molar-refractivity contribution in [3.8, 4) is 11.8 Å². The van der Waals surface area contributed by atoms with Gasteiger partial charge >= 0.3 is 0 Å². The van der Waals surface area contributed by atoms with Gasteiger partial charge < -0.3 is 30.4 Å². The summed E-state index contributed by atoms with van der Waals surface area (Å²) in [6, 6.07) is 22.5. The molecule has 0 spiro atoms. The Labute approximate surface area is 211 Å². The fraction of sp³-hybridized carbons (Fsp3) is 0.310. The Kier molecular flexibility index (Phi) is 8.93. The normalized spacial score (nSPS) is 14.8. The number of anilines is 2. The molecule has 3 aromatic carbocycles. The third-order valence-electron chi connectivity index (χ3n) is 5.80. The number of hydrogen-bond donors (Lipinski definition) is 3. The number of aliphatic hydroxyl groups excluding tert-OH is 1. The minimum Gasteiger partial charge on any atom is -0.396 e. The zero-order valence-electron chi connectivity index (χ0n) is 20.1. The van der Waals surface area contributed by atoms with Crippen molar-refractivity contribution in [1.82, 2.24) is 0 Å². The van der Waals surface area contributed by atoms with Crippen LogP contribution in [0.3, 0.4) is 0 Å². The summed E-state index contributed by atoms with van der Waals surface area (Å²) >= 11 is 0. The van der Waals surface area contributed by atoms with Crippen LogP contribution in [0.25, 0.3) is 0 Å². The fourth-order valence-corrected chi connectivity index (χ4v) is 3.69. The van der Waals surface area contributed by atoms with Crippen LogP contribution in [0.15, 0.2) is 72.8 Å². The average molecular weight is 491 g/mol. The van der Waals surface area contributed by atoms with Crippen molar-refractivity contribution in [1.29, 1.82) is 0 Å². The van der Waals surface area contributed by atoms with Crippen molar-refractivity contribution in [2.24, 2.45) is 5.41 Å². The number of nitrogens with two attached hydrogens (primary N) is 1. The Bertz CT molecular complexity index is 1170. The number of hydrogen-bond acceptors (Lipinski definition) is 6. The maximum Gasteiger partial charge on any atom is 0.148 e. The third kappa shape index (κ3) is 7.30. The number of benzene rings is 3. The lowest BCUT2D eigenvalue weighted by atomic mass is 9.87. The standard InChI is InChI=1S/C29H31FN2O4/c30-26-14-28(32-15-25(33)18-34-16-22-7-3-1-4-8-22)24(13-27(26)31)11-12-29(20-36-21-29)19-35-17-23-9-5-2-6-10-23/h1-10,13-14,25,32-33H,15-21,31H2. The molecule has 1 aliphatic rings. The van der Waals surface area contributed by atoms with Gasteiger partial charge in [-0.25, -0.2) is 4.39 Å². The molecule has 4 N–H and O–H groups in total. The minimum atomic E-state index is -0.784. The van der Waals surface area contributed by atoms with E-state index in [0.717, 1.165) is 11.1 Å². The molecular weight excluding hydrogens is 459 g/mol. The van der Waals surface area contributed by atoms with Crippen LogP contribution in [0.2, 0.25) is 0 Å². The molecule has 1 unspecified atom stereocenters. The van der Waals surface area contributed by atoms with E-state index in [1.165, 1.54) is 12.1 Å². The van der Waals surface area contributed by atoms with E-state index in [9.17, 15) is 9.50 Å². The highest BCUT2D eigenvalue weighted by Gasteiger charge is 2.37. The summed E-state index contributed by atoms with van der Waals surface area (Å²) in [7, 11) is 0. The van der Waals surface area contributed by atoms with Crippen LogP contribution in [0.4, 0.5) is 15.8 Å². The van der Waals surface area contributed by atoms with Crippen molar-refractivity contribution in [3.63, 3.8) is 0 Å². The predicted molar refractivity (Wildman–Crippen MR) is 138 cm³/mol. The zero-order chi connectivity index (χ0) is 25.2. The Morgan fingerprint density at radius 1 is 1.00 bits per heavy atom. The number of rotatable bonds is 11. The molecule has 188 valence electrons. The molecule has 7 heteroatoms. The van der Waals surface area contributed by atoms with Gasteiger partial charge in [-0.15, -0.1) is 0 Å².